The van der Waals surface area contributed by atoms with Crippen molar-refractivity contribution in [3.8, 4) is 0 Å². The molecule has 1 amide bonds. The van der Waals surface area contributed by atoms with Crippen LogP contribution in [0.4, 0.5) is 0 Å². The van der Waals surface area contributed by atoms with Crippen molar-refractivity contribution in [3.63, 3.8) is 0 Å². The fourth-order valence-corrected chi connectivity index (χ4v) is 3.29. The standard InChI is InChI=1S/C17H24N4O3/c1-5-23-9-6-14-10-18-16-12(3)20(7-8-21(14)16)17(22)15-11(2)19-24-13(15)4/h10,12H,5-9H2,1-4H3/t12-/m1/s1. The minimum Gasteiger partial charge on any atom is -0.381 e. The van der Waals surface area contributed by atoms with Crippen LogP contribution in [0.3, 0.4) is 0 Å². The molecule has 0 fully saturated rings. The highest BCUT2D eigenvalue weighted by atomic mass is 16.5. The van der Waals surface area contributed by atoms with E-state index in [1.807, 2.05) is 24.9 Å². The zero-order chi connectivity index (χ0) is 17.3. The van der Waals surface area contributed by atoms with Crippen LogP contribution in [0.1, 0.15) is 53.2 Å². The van der Waals surface area contributed by atoms with E-state index in [0.29, 0.717) is 30.2 Å². The highest BCUT2D eigenvalue weighted by Crippen LogP contribution is 2.28. The lowest BCUT2D eigenvalue weighted by Gasteiger charge is -2.34. The lowest BCUT2D eigenvalue weighted by atomic mass is 10.1. The van der Waals surface area contributed by atoms with Gasteiger partial charge in [-0.3, -0.25) is 4.79 Å². The normalized spacial score (nSPS) is 17.2. The van der Waals surface area contributed by atoms with Gasteiger partial charge < -0.3 is 18.7 Å². The van der Waals surface area contributed by atoms with Crippen LogP contribution in [0.15, 0.2) is 10.7 Å². The van der Waals surface area contributed by atoms with E-state index in [-0.39, 0.29) is 11.9 Å². The fourth-order valence-electron chi connectivity index (χ4n) is 3.29. The molecule has 0 aliphatic carbocycles. The second kappa shape index (κ2) is 6.76. The van der Waals surface area contributed by atoms with Crippen LogP contribution >= 0.6 is 0 Å². The lowest BCUT2D eigenvalue weighted by molar-refractivity contribution is 0.0632. The monoisotopic (exact) mass is 332 g/mol. The van der Waals surface area contributed by atoms with E-state index in [9.17, 15) is 4.79 Å². The Labute approximate surface area is 141 Å². The van der Waals surface area contributed by atoms with Crippen molar-refractivity contribution in [3.05, 3.63) is 34.7 Å². The summed E-state index contributed by atoms with van der Waals surface area (Å²) in [4.78, 5) is 19.3. The molecule has 0 saturated carbocycles. The largest absolute Gasteiger partial charge is 0.381 e. The van der Waals surface area contributed by atoms with Crippen molar-refractivity contribution in [2.24, 2.45) is 0 Å². The zero-order valence-corrected chi connectivity index (χ0v) is 14.7. The average Bonchev–Trinajstić information content (AvgIpc) is 3.12. The number of fused-ring (bicyclic) bond motifs is 1. The summed E-state index contributed by atoms with van der Waals surface area (Å²) in [7, 11) is 0. The molecule has 7 heteroatoms. The van der Waals surface area contributed by atoms with Gasteiger partial charge in [-0.15, -0.1) is 0 Å². The Balaban J connectivity index is 1.80. The number of aryl methyl sites for hydroxylation is 2. The smallest absolute Gasteiger partial charge is 0.260 e. The second-order valence-electron chi connectivity index (χ2n) is 6.08. The van der Waals surface area contributed by atoms with E-state index in [0.717, 1.165) is 31.1 Å². The van der Waals surface area contributed by atoms with Crippen molar-refractivity contribution in [2.45, 2.75) is 46.7 Å². The molecule has 0 saturated heterocycles. The maximum atomic E-state index is 12.9. The van der Waals surface area contributed by atoms with E-state index < -0.39 is 0 Å². The fraction of sp³-hybridized carbons (Fsp3) is 0.588. The van der Waals surface area contributed by atoms with Gasteiger partial charge in [0, 0.05) is 38.0 Å². The van der Waals surface area contributed by atoms with Crippen LogP contribution in [0.25, 0.3) is 0 Å². The maximum absolute atomic E-state index is 12.9. The molecule has 0 N–H and O–H groups in total. The van der Waals surface area contributed by atoms with Crippen LogP contribution in [0, 0.1) is 13.8 Å². The average molecular weight is 332 g/mol. The lowest BCUT2D eigenvalue weighted by Crippen LogP contribution is -2.42. The van der Waals surface area contributed by atoms with E-state index in [4.69, 9.17) is 9.26 Å². The molecule has 1 aliphatic heterocycles. The Hall–Kier alpha value is -2.15. The van der Waals surface area contributed by atoms with Crippen LogP contribution in [-0.4, -0.2) is 45.3 Å². The van der Waals surface area contributed by atoms with Gasteiger partial charge in [0.1, 0.15) is 17.1 Å². The number of amides is 1. The van der Waals surface area contributed by atoms with Gasteiger partial charge >= 0.3 is 0 Å². The van der Waals surface area contributed by atoms with Crippen molar-refractivity contribution >= 4 is 5.91 Å². The summed E-state index contributed by atoms with van der Waals surface area (Å²) in [6.45, 7) is 10.4. The second-order valence-corrected chi connectivity index (χ2v) is 6.08. The third kappa shape index (κ3) is 2.84. The topological polar surface area (TPSA) is 73.4 Å². The number of carbonyl (C=O) groups excluding carboxylic acids is 1. The first-order chi connectivity index (χ1) is 11.5. The molecule has 0 radical (unpaired) electrons. The van der Waals surface area contributed by atoms with E-state index in [1.54, 1.807) is 13.8 Å². The highest BCUT2D eigenvalue weighted by molar-refractivity contribution is 5.96. The third-order valence-corrected chi connectivity index (χ3v) is 4.59. The molecule has 24 heavy (non-hydrogen) atoms. The van der Waals surface area contributed by atoms with Crippen LogP contribution in [0.2, 0.25) is 0 Å². The summed E-state index contributed by atoms with van der Waals surface area (Å²) in [5.74, 6) is 1.45. The number of carbonyl (C=O) groups is 1. The first-order valence-electron chi connectivity index (χ1n) is 8.40. The maximum Gasteiger partial charge on any atom is 0.260 e. The third-order valence-electron chi connectivity index (χ3n) is 4.59. The van der Waals surface area contributed by atoms with E-state index in [2.05, 4.69) is 14.7 Å². The SMILES string of the molecule is CCOCCc1cnc2n1CCN(C(=O)c1c(C)noc1C)[C@@H]2C. The number of imidazole rings is 1. The van der Waals surface area contributed by atoms with Crippen molar-refractivity contribution in [1.29, 1.82) is 0 Å². The molecule has 1 aliphatic rings. The molecule has 7 nitrogen and oxygen atoms in total. The number of rotatable bonds is 5. The van der Waals surface area contributed by atoms with E-state index in [1.165, 1.54) is 0 Å². The summed E-state index contributed by atoms with van der Waals surface area (Å²) in [6.07, 6.45) is 2.74. The number of hydrogen-bond donors (Lipinski definition) is 0. The van der Waals surface area contributed by atoms with Crippen molar-refractivity contribution < 1.29 is 14.1 Å². The molecule has 3 rings (SSSR count). The van der Waals surface area contributed by atoms with Gasteiger partial charge in [0.25, 0.3) is 5.91 Å². The van der Waals surface area contributed by atoms with Crippen LogP contribution in [-0.2, 0) is 17.7 Å². The quantitative estimate of drug-likeness (QED) is 0.786. The molecule has 0 spiro atoms. The summed E-state index contributed by atoms with van der Waals surface area (Å²) in [6, 6.07) is -0.0826. The molecule has 3 heterocycles. The Bertz CT molecular complexity index is 715. The van der Waals surface area contributed by atoms with E-state index >= 15 is 0 Å². The Morgan fingerprint density at radius 2 is 2.21 bits per heavy atom. The minimum absolute atomic E-state index is 0.0381. The van der Waals surface area contributed by atoms with Gasteiger partial charge in [-0.1, -0.05) is 5.16 Å². The summed E-state index contributed by atoms with van der Waals surface area (Å²) in [5.41, 5.74) is 2.36. The molecule has 0 bridgehead atoms. The summed E-state index contributed by atoms with van der Waals surface area (Å²) >= 11 is 0. The van der Waals surface area contributed by atoms with Crippen LogP contribution < -0.4 is 0 Å². The van der Waals surface area contributed by atoms with Gasteiger partial charge in [-0.25, -0.2) is 4.98 Å². The molecule has 130 valence electrons. The predicted octanol–water partition coefficient (Wildman–Crippen LogP) is 2.28. The van der Waals surface area contributed by atoms with Gasteiger partial charge in [-0.05, 0) is 27.7 Å². The van der Waals surface area contributed by atoms with Crippen molar-refractivity contribution in [1.82, 2.24) is 19.6 Å². The van der Waals surface area contributed by atoms with Gasteiger partial charge in [-0.2, -0.15) is 0 Å². The summed E-state index contributed by atoms with van der Waals surface area (Å²) < 4.78 is 12.8. The highest BCUT2D eigenvalue weighted by Gasteiger charge is 2.33. The molecule has 0 unspecified atom stereocenters. The van der Waals surface area contributed by atoms with Gasteiger partial charge in [0.05, 0.1) is 18.3 Å². The number of aromatic nitrogens is 3. The van der Waals surface area contributed by atoms with Gasteiger partial charge in [0.15, 0.2) is 0 Å². The first-order valence-corrected chi connectivity index (χ1v) is 8.40. The zero-order valence-electron chi connectivity index (χ0n) is 14.7. The Morgan fingerprint density at radius 3 is 2.88 bits per heavy atom. The predicted molar refractivity (Wildman–Crippen MR) is 87.9 cm³/mol. The number of ether oxygens (including phenoxy) is 1. The molecule has 2 aromatic heterocycles. The summed E-state index contributed by atoms with van der Waals surface area (Å²) in [5, 5.41) is 3.89. The molecular weight excluding hydrogens is 308 g/mol. The number of hydrogen-bond acceptors (Lipinski definition) is 5. The number of nitrogens with zero attached hydrogens (tertiary/aromatic N) is 4. The first kappa shape index (κ1) is 16.7. The molecular formula is C17H24N4O3. The molecule has 1 atom stereocenters. The Morgan fingerprint density at radius 1 is 1.42 bits per heavy atom. The minimum atomic E-state index is -0.0826. The van der Waals surface area contributed by atoms with Crippen molar-refractivity contribution in [2.75, 3.05) is 19.8 Å². The van der Waals surface area contributed by atoms with Gasteiger partial charge in [0.2, 0.25) is 0 Å². The molecule has 2 aromatic rings. The molecule has 0 aromatic carbocycles. The Kier molecular flexibility index (Phi) is 4.71. The van der Waals surface area contributed by atoms with Crippen LogP contribution in [0.5, 0.6) is 0 Å².